The molecule has 0 bridgehead atoms. The zero-order valence-electron chi connectivity index (χ0n) is 64.5. The zero-order valence-corrected chi connectivity index (χ0v) is 66.2. The maximum atomic E-state index is 6.61. The lowest BCUT2D eigenvalue weighted by Gasteiger charge is -2.45. The monoisotopic (exact) mass is 1560 g/mol. The van der Waals surface area contributed by atoms with Crippen LogP contribution in [0.4, 0.5) is 0 Å². The maximum Gasteiger partial charge on any atom is 0.137 e. The molecule has 0 spiro atoms. The predicted molar refractivity (Wildman–Crippen MR) is 505 cm³/mol. The number of aromatic nitrogens is 4. The molecule has 0 radical (unpaired) electrons. The van der Waals surface area contributed by atoms with Crippen LogP contribution in [0.15, 0.2) is 384 Å². The summed E-state index contributed by atoms with van der Waals surface area (Å²) in [5, 5.41) is 19.4. The van der Waals surface area contributed by atoms with Crippen molar-refractivity contribution >= 4 is 206 Å². The molecule has 17 aromatic carbocycles. The average Bonchev–Trinajstić information content (AvgIpc) is 0.726. The van der Waals surface area contributed by atoms with Crippen LogP contribution in [0.25, 0.3) is 217 Å². The molecule has 8 heteroatoms. The second-order valence-corrected chi connectivity index (χ2v) is 35.2. The summed E-state index contributed by atoms with van der Waals surface area (Å²) >= 11 is 3.76. The molecule has 0 aliphatic heterocycles. The van der Waals surface area contributed by atoms with Gasteiger partial charge >= 0.3 is 0 Å². The fraction of sp³-hybridized carbons (Fsp3) is 0.0357. The van der Waals surface area contributed by atoms with Crippen molar-refractivity contribution in [1.29, 1.82) is 0 Å². The van der Waals surface area contributed by atoms with E-state index in [4.69, 9.17) is 8.83 Å². The van der Waals surface area contributed by atoms with E-state index in [-0.39, 0.29) is 23.7 Å². The minimum atomic E-state index is -0.146. The Bertz CT molecular complexity index is 9000. The van der Waals surface area contributed by atoms with Crippen molar-refractivity contribution in [3.63, 3.8) is 0 Å². The molecule has 8 aromatic heterocycles. The Morgan fingerprint density at radius 1 is 0.267 bits per heavy atom. The van der Waals surface area contributed by atoms with Gasteiger partial charge in [-0.2, -0.15) is 0 Å². The summed E-state index contributed by atoms with van der Waals surface area (Å²) in [5.74, 6) is -0.344. The van der Waals surface area contributed by atoms with Gasteiger partial charge in [0.15, 0.2) is 0 Å². The van der Waals surface area contributed by atoms with Crippen molar-refractivity contribution in [1.82, 2.24) is 18.3 Å². The Balaban J connectivity index is 0.696. The van der Waals surface area contributed by atoms with E-state index in [1.807, 2.05) is 22.7 Å². The highest BCUT2D eigenvalue weighted by molar-refractivity contribution is 7.26. The first kappa shape index (κ1) is 65.4. The van der Waals surface area contributed by atoms with Crippen LogP contribution in [0, 0.1) is 5.92 Å². The number of hydrogen-bond donors (Lipinski definition) is 0. The van der Waals surface area contributed by atoms with Crippen molar-refractivity contribution in [2.45, 2.75) is 17.8 Å². The van der Waals surface area contributed by atoms with Crippen LogP contribution in [-0.2, 0) is 0 Å². The molecular weight excluding hydrogens is 1500 g/mol. The van der Waals surface area contributed by atoms with Crippen LogP contribution < -0.4 is 0 Å². The molecule has 558 valence electrons. The Hall–Kier alpha value is -14.8. The first-order chi connectivity index (χ1) is 59.5. The normalized spacial score (nSPS) is 16.1. The Kier molecular flexibility index (Phi) is 13.3. The summed E-state index contributed by atoms with van der Waals surface area (Å²) in [6, 6.07) is 132. The van der Waals surface area contributed by atoms with Gasteiger partial charge in [0.25, 0.3) is 0 Å². The fourth-order valence-corrected chi connectivity index (χ4v) is 24.5. The van der Waals surface area contributed by atoms with Gasteiger partial charge in [-0.1, -0.05) is 236 Å². The minimum absolute atomic E-state index is 0.0254. The third kappa shape index (κ3) is 8.94. The van der Waals surface area contributed by atoms with E-state index in [1.165, 1.54) is 173 Å². The lowest BCUT2D eigenvalue weighted by Crippen LogP contribution is -2.31. The van der Waals surface area contributed by atoms with Crippen LogP contribution in [0.5, 0.6) is 0 Å². The molecule has 0 saturated heterocycles. The molecule has 6 nitrogen and oxygen atoms in total. The number of para-hydroxylation sites is 6. The van der Waals surface area contributed by atoms with Crippen LogP contribution in [0.1, 0.15) is 51.1 Å². The molecule has 3 aliphatic carbocycles. The molecule has 4 atom stereocenters. The number of furan rings is 2. The van der Waals surface area contributed by atoms with E-state index >= 15 is 0 Å². The number of hydrogen-bond acceptors (Lipinski definition) is 4. The molecule has 25 aromatic rings. The Morgan fingerprint density at radius 3 is 1.16 bits per heavy atom. The first-order valence-electron chi connectivity index (χ1n) is 41.6. The minimum Gasteiger partial charge on any atom is -0.456 e. The van der Waals surface area contributed by atoms with Gasteiger partial charge < -0.3 is 27.1 Å². The first-order valence-corrected chi connectivity index (χ1v) is 43.2. The topological polar surface area (TPSA) is 46.0 Å². The number of rotatable bonds is 8. The smallest absolute Gasteiger partial charge is 0.137 e. The zero-order chi connectivity index (χ0) is 77.8. The van der Waals surface area contributed by atoms with E-state index < -0.39 is 0 Å². The third-order valence-corrected chi connectivity index (χ3v) is 29.4. The third-order valence-electron chi connectivity index (χ3n) is 27.2. The number of thiophene rings is 2. The lowest BCUT2D eigenvalue weighted by atomic mass is 9.57. The van der Waals surface area contributed by atoms with Crippen LogP contribution in [-0.4, -0.2) is 18.3 Å². The highest BCUT2D eigenvalue weighted by Gasteiger charge is 2.45. The summed E-state index contributed by atoms with van der Waals surface area (Å²) in [7, 11) is 0. The second-order valence-electron chi connectivity index (χ2n) is 33.1. The SMILES string of the molecule is C1=CC2C(c3ccc4c(c3)c3ccccc3n4-c3cccc4sc5ccccc5c34)=CC(c3ccc4c(c3)c3ccccc3n4-c3cccc4sc5ccccc5c34)C3=CC(c4ccc5c(c4)c4ccccc4n5-c4cccc5oc6ccccc6c45)c4ccc(-c5ccc6c(c5)c5ccccc5n6-c5cccc6oc7ccccc7c56)c1c4C32. The maximum absolute atomic E-state index is 6.61. The van der Waals surface area contributed by atoms with Crippen molar-refractivity contribution in [2.75, 3.05) is 0 Å². The molecule has 4 unspecified atom stereocenters. The summed E-state index contributed by atoms with van der Waals surface area (Å²) in [6.07, 6.45) is 10.6. The quantitative estimate of drug-likeness (QED) is 0.142. The van der Waals surface area contributed by atoms with Crippen molar-refractivity contribution in [3.8, 4) is 33.9 Å². The van der Waals surface area contributed by atoms with E-state index in [2.05, 4.69) is 394 Å². The molecule has 120 heavy (non-hydrogen) atoms. The highest BCUT2D eigenvalue weighted by Crippen LogP contribution is 2.61. The van der Waals surface area contributed by atoms with Gasteiger partial charge in [-0.25, -0.2) is 0 Å². The number of fused-ring (bicyclic) bond motifs is 24. The van der Waals surface area contributed by atoms with E-state index in [1.54, 1.807) is 0 Å². The van der Waals surface area contributed by atoms with Crippen LogP contribution in [0.3, 0.4) is 0 Å². The van der Waals surface area contributed by atoms with Gasteiger partial charge in [0.1, 0.15) is 22.3 Å². The molecule has 0 N–H and O–H groups in total. The van der Waals surface area contributed by atoms with Crippen molar-refractivity contribution in [2.24, 2.45) is 5.92 Å². The van der Waals surface area contributed by atoms with Crippen molar-refractivity contribution in [3.05, 3.63) is 409 Å². The van der Waals surface area contributed by atoms with Crippen molar-refractivity contribution < 1.29 is 8.83 Å². The second kappa shape index (κ2) is 24.4. The Labute approximate surface area is 694 Å². The predicted octanol–water partition coefficient (Wildman–Crippen LogP) is 31.0. The summed E-state index contributed by atoms with van der Waals surface area (Å²) in [5.41, 5.74) is 30.5. The van der Waals surface area contributed by atoms with E-state index in [0.717, 1.165) is 77.3 Å². The molecule has 8 heterocycles. The summed E-state index contributed by atoms with van der Waals surface area (Å²) in [6.45, 7) is 0. The molecule has 0 fully saturated rings. The molecule has 28 rings (SSSR count). The van der Waals surface area contributed by atoms with Gasteiger partial charge in [0.05, 0.1) is 77.7 Å². The van der Waals surface area contributed by atoms with E-state index in [9.17, 15) is 0 Å². The van der Waals surface area contributed by atoms with Crippen LogP contribution >= 0.6 is 22.7 Å². The average molecular weight is 1560 g/mol. The summed E-state index contributed by atoms with van der Waals surface area (Å²) in [4.78, 5) is 0. The largest absolute Gasteiger partial charge is 0.456 e. The number of benzene rings is 17. The fourth-order valence-electron chi connectivity index (χ4n) is 22.2. The molecule has 3 aliphatic rings. The van der Waals surface area contributed by atoms with Gasteiger partial charge in [0.2, 0.25) is 0 Å². The van der Waals surface area contributed by atoms with Gasteiger partial charge in [-0.05, 0) is 196 Å². The van der Waals surface area contributed by atoms with Crippen LogP contribution in [0.2, 0.25) is 0 Å². The van der Waals surface area contributed by atoms with Gasteiger partial charge in [-0.3, -0.25) is 0 Å². The number of allylic oxidation sites excluding steroid dienone is 5. The molecular formula is C112H66N4O2S2. The summed E-state index contributed by atoms with van der Waals surface area (Å²) < 4.78 is 28.4. The van der Waals surface area contributed by atoms with Gasteiger partial charge in [-0.15, -0.1) is 22.7 Å². The highest BCUT2D eigenvalue weighted by atomic mass is 32.1. The molecule has 0 saturated carbocycles. The lowest BCUT2D eigenvalue weighted by molar-refractivity contribution is 0.598. The Morgan fingerprint density at radius 2 is 0.650 bits per heavy atom. The van der Waals surface area contributed by atoms with E-state index in [0.29, 0.717) is 0 Å². The van der Waals surface area contributed by atoms with Gasteiger partial charge in [0, 0.05) is 118 Å². The molecule has 0 amide bonds. The standard InChI is InChI=1S/C112H66N4O2S2/c1-9-29-87-68(21-1)82-57-63(45-53-91(82)113(87)95-33-17-39-101-109(95)75-25-5-13-37-99(75)117-101)67-49-50-73-80(65-47-54-92-83(59-65)69-22-2-10-30-88(69)114(92)96-34-18-40-102-110(96)76-26-6-14-38-100(76)118-102)62-86-81(66-48-56-94-85(60-66)71-24-4-12-32-90(71)116(94)98-36-20-44-106-112(98)78-28-8-16-42-104(78)120-106)61-79(74-52-51-72(67)107(73)108(74)86)64-46-55-93-84(58-64)70-23-3-11-31-89(70)115(93)97-35-19-43-105-111(97)77-27-7-15-41-103(77)119-105/h1-62,74,80-81,108H. The number of nitrogens with zero attached hydrogens (tertiary/aromatic N) is 4.